The molecule has 2 atom stereocenters. The van der Waals surface area contributed by atoms with Crippen LogP contribution in [0.1, 0.15) is 23.5 Å². The van der Waals surface area contributed by atoms with Gasteiger partial charge in [-0.05, 0) is 18.1 Å². The molecule has 0 saturated heterocycles. The fourth-order valence-corrected chi connectivity index (χ4v) is 2.43. The monoisotopic (exact) mass is 255 g/mol. The number of phenols is 2. The molecule has 2 unspecified atom stereocenters. The van der Waals surface area contributed by atoms with Crippen LogP contribution in [0.15, 0.2) is 48.5 Å². The van der Waals surface area contributed by atoms with Crippen LogP contribution in [0.25, 0.3) is 0 Å². The lowest BCUT2D eigenvalue weighted by molar-refractivity contribution is 0.443. The van der Waals surface area contributed by atoms with Crippen molar-refractivity contribution in [2.24, 2.45) is 0 Å². The Labute approximate surface area is 112 Å². The molecular weight excluding hydrogens is 238 g/mol. The number of aromatic hydroxyl groups is 2. The van der Waals surface area contributed by atoms with E-state index >= 15 is 0 Å². The first-order valence-corrected chi connectivity index (χ1v) is 6.53. The topological polar surface area (TPSA) is 52.5 Å². The van der Waals surface area contributed by atoms with E-state index in [4.69, 9.17) is 0 Å². The summed E-state index contributed by atoms with van der Waals surface area (Å²) in [5, 5.41) is 22.4. The summed E-state index contributed by atoms with van der Waals surface area (Å²) in [5.41, 5.74) is 2.19. The Morgan fingerprint density at radius 3 is 2.58 bits per heavy atom. The van der Waals surface area contributed by atoms with Crippen molar-refractivity contribution in [3.8, 4) is 11.5 Å². The normalized spacial score (nSPS) is 21.3. The van der Waals surface area contributed by atoms with Crippen LogP contribution in [0.2, 0.25) is 0 Å². The van der Waals surface area contributed by atoms with Gasteiger partial charge in [-0.2, -0.15) is 0 Å². The van der Waals surface area contributed by atoms with E-state index in [9.17, 15) is 10.2 Å². The van der Waals surface area contributed by atoms with Crippen molar-refractivity contribution in [3.63, 3.8) is 0 Å². The molecule has 0 spiro atoms. The first-order chi connectivity index (χ1) is 9.24. The number of nitrogens with one attached hydrogen (secondary N) is 1. The van der Waals surface area contributed by atoms with E-state index in [0.717, 1.165) is 12.0 Å². The third-order valence-electron chi connectivity index (χ3n) is 3.64. The van der Waals surface area contributed by atoms with Gasteiger partial charge in [-0.1, -0.05) is 36.4 Å². The summed E-state index contributed by atoms with van der Waals surface area (Å²) in [5.74, 6) is 0.819. The molecule has 0 aromatic heterocycles. The number of rotatable bonds is 4. The third kappa shape index (κ3) is 2.71. The van der Waals surface area contributed by atoms with Crippen LogP contribution in [0.3, 0.4) is 0 Å². The molecule has 98 valence electrons. The molecule has 3 nitrogen and oxygen atoms in total. The second-order valence-corrected chi connectivity index (χ2v) is 5.05. The second-order valence-electron chi connectivity index (χ2n) is 5.05. The molecule has 3 rings (SSSR count). The van der Waals surface area contributed by atoms with Crippen molar-refractivity contribution in [3.05, 3.63) is 59.7 Å². The minimum absolute atomic E-state index is 0.0924. The zero-order valence-electron chi connectivity index (χ0n) is 10.6. The van der Waals surface area contributed by atoms with Crippen LogP contribution < -0.4 is 5.32 Å². The maximum absolute atomic E-state index is 9.71. The zero-order chi connectivity index (χ0) is 13.2. The van der Waals surface area contributed by atoms with Crippen molar-refractivity contribution < 1.29 is 10.2 Å². The molecular formula is C16H17NO2. The summed E-state index contributed by atoms with van der Waals surface area (Å²) in [6.45, 7) is 0.625. The smallest absolute Gasteiger partial charge is 0.123 e. The summed E-state index contributed by atoms with van der Waals surface area (Å²) in [4.78, 5) is 0. The molecule has 0 bridgehead atoms. The third-order valence-corrected chi connectivity index (χ3v) is 3.64. The zero-order valence-corrected chi connectivity index (χ0v) is 10.6. The van der Waals surface area contributed by atoms with Gasteiger partial charge in [-0.15, -0.1) is 0 Å². The van der Waals surface area contributed by atoms with Crippen molar-refractivity contribution in [1.29, 1.82) is 0 Å². The Morgan fingerprint density at radius 1 is 1.05 bits per heavy atom. The Morgan fingerprint density at radius 2 is 1.84 bits per heavy atom. The maximum atomic E-state index is 9.71. The highest BCUT2D eigenvalue weighted by molar-refractivity contribution is 5.39. The average Bonchev–Trinajstić information content (AvgIpc) is 3.18. The molecule has 0 amide bonds. The van der Waals surface area contributed by atoms with Gasteiger partial charge >= 0.3 is 0 Å². The van der Waals surface area contributed by atoms with Crippen LogP contribution in [-0.4, -0.2) is 16.3 Å². The fourth-order valence-electron chi connectivity index (χ4n) is 2.43. The van der Waals surface area contributed by atoms with Gasteiger partial charge in [0.1, 0.15) is 11.5 Å². The highest BCUT2D eigenvalue weighted by atomic mass is 16.3. The molecule has 0 radical (unpaired) electrons. The minimum Gasteiger partial charge on any atom is -0.508 e. The van der Waals surface area contributed by atoms with E-state index in [1.54, 1.807) is 12.1 Å². The Balaban J connectivity index is 1.57. The van der Waals surface area contributed by atoms with E-state index in [2.05, 4.69) is 29.6 Å². The summed E-state index contributed by atoms with van der Waals surface area (Å²) in [6.07, 6.45) is 1.14. The molecule has 2 aromatic carbocycles. The Bertz CT molecular complexity index is 568. The van der Waals surface area contributed by atoms with Gasteiger partial charge < -0.3 is 15.5 Å². The highest BCUT2D eigenvalue weighted by Crippen LogP contribution is 2.40. The molecule has 19 heavy (non-hydrogen) atoms. The van der Waals surface area contributed by atoms with Crippen molar-refractivity contribution >= 4 is 0 Å². The molecule has 3 heteroatoms. The van der Waals surface area contributed by atoms with Crippen molar-refractivity contribution in [2.75, 3.05) is 0 Å². The number of hydrogen-bond donors (Lipinski definition) is 3. The van der Waals surface area contributed by atoms with Gasteiger partial charge in [0, 0.05) is 30.1 Å². The number of benzene rings is 2. The predicted molar refractivity (Wildman–Crippen MR) is 74.2 cm³/mol. The molecule has 1 aliphatic carbocycles. The van der Waals surface area contributed by atoms with Crippen molar-refractivity contribution in [1.82, 2.24) is 5.32 Å². The number of hydrogen-bond acceptors (Lipinski definition) is 3. The standard InChI is InChI=1S/C16H17NO2/c18-13-7-6-12(16(19)8-13)10-17-15-9-14(15)11-4-2-1-3-5-11/h1-8,14-15,17-19H,9-10H2. The van der Waals surface area contributed by atoms with E-state index in [0.29, 0.717) is 18.5 Å². The quantitative estimate of drug-likeness (QED) is 0.787. The summed E-state index contributed by atoms with van der Waals surface area (Å²) < 4.78 is 0. The molecule has 1 saturated carbocycles. The van der Waals surface area contributed by atoms with E-state index in [1.807, 2.05) is 6.07 Å². The van der Waals surface area contributed by atoms with E-state index in [1.165, 1.54) is 11.6 Å². The summed E-state index contributed by atoms with van der Waals surface area (Å²) in [6, 6.07) is 15.7. The number of phenolic OH excluding ortho intramolecular Hbond substituents is 2. The van der Waals surface area contributed by atoms with Crippen LogP contribution in [0, 0.1) is 0 Å². The Hall–Kier alpha value is -2.00. The van der Waals surface area contributed by atoms with Gasteiger partial charge in [0.25, 0.3) is 0 Å². The fraction of sp³-hybridized carbons (Fsp3) is 0.250. The second kappa shape index (κ2) is 4.94. The molecule has 0 aliphatic heterocycles. The van der Waals surface area contributed by atoms with Crippen LogP contribution in [-0.2, 0) is 6.54 Å². The molecule has 2 aromatic rings. The minimum atomic E-state index is 0.0924. The molecule has 1 fully saturated rings. The van der Waals surface area contributed by atoms with Gasteiger partial charge in [-0.25, -0.2) is 0 Å². The molecule has 0 heterocycles. The summed E-state index contributed by atoms with van der Waals surface area (Å²) in [7, 11) is 0. The van der Waals surface area contributed by atoms with Gasteiger partial charge in [-0.3, -0.25) is 0 Å². The van der Waals surface area contributed by atoms with Crippen LogP contribution >= 0.6 is 0 Å². The lowest BCUT2D eigenvalue weighted by atomic mass is 10.1. The SMILES string of the molecule is Oc1ccc(CNC2CC2c2ccccc2)c(O)c1. The first kappa shape index (κ1) is 12.1. The van der Waals surface area contributed by atoms with Gasteiger partial charge in [0.15, 0.2) is 0 Å². The lowest BCUT2D eigenvalue weighted by Gasteiger charge is -2.07. The predicted octanol–water partition coefficient (Wildman–Crippen LogP) is 2.74. The van der Waals surface area contributed by atoms with E-state index in [-0.39, 0.29) is 11.5 Å². The van der Waals surface area contributed by atoms with E-state index < -0.39 is 0 Å². The maximum Gasteiger partial charge on any atom is 0.123 e. The Kier molecular flexibility index (Phi) is 3.13. The average molecular weight is 255 g/mol. The lowest BCUT2D eigenvalue weighted by Crippen LogP contribution is -2.17. The molecule has 3 N–H and O–H groups in total. The van der Waals surface area contributed by atoms with Crippen LogP contribution in [0.4, 0.5) is 0 Å². The largest absolute Gasteiger partial charge is 0.508 e. The molecule has 1 aliphatic rings. The summed E-state index contributed by atoms with van der Waals surface area (Å²) >= 11 is 0. The highest BCUT2D eigenvalue weighted by Gasteiger charge is 2.37. The van der Waals surface area contributed by atoms with Crippen molar-refractivity contribution in [2.45, 2.75) is 24.9 Å². The first-order valence-electron chi connectivity index (χ1n) is 6.53. The van der Waals surface area contributed by atoms with Gasteiger partial charge in [0.05, 0.1) is 0 Å². The van der Waals surface area contributed by atoms with Gasteiger partial charge in [0.2, 0.25) is 0 Å². The van der Waals surface area contributed by atoms with Crippen LogP contribution in [0.5, 0.6) is 11.5 Å².